The van der Waals surface area contributed by atoms with Crippen LogP contribution in [0, 0.1) is 0 Å². The summed E-state index contributed by atoms with van der Waals surface area (Å²) in [5.41, 5.74) is 3.21. The molecule has 7 nitrogen and oxygen atoms in total. The van der Waals surface area contributed by atoms with Crippen LogP contribution in [0.2, 0.25) is 0 Å². The summed E-state index contributed by atoms with van der Waals surface area (Å²) in [4.78, 5) is 21.3. The third-order valence-electron chi connectivity index (χ3n) is 4.22. The zero-order valence-corrected chi connectivity index (χ0v) is 17.8. The quantitative estimate of drug-likeness (QED) is 0.410. The van der Waals surface area contributed by atoms with Gasteiger partial charge in [-0.2, -0.15) is 0 Å². The first-order valence-corrected chi connectivity index (χ1v) is 10.7. The molecule has 0 saturated heterocycles. The number of amides is 2. The zero-order chi connectivity index (χ0) is 20.9. The van der Waals surface area contributed by atoms with Crippen molar-refractivity contribution >= 4 is 39.0 Å². The van der Waals surface area contributed by atoms with E-state index in [0.717, 1.165) is 34.0 Å². The van der Waals surface area contributed by atoms with E-state index in [4.69, 9.17) is 9.47 Å². The Balaban J connectivity index is 1.44. The van der Waals surface area contributed by atoms with Crippen molar-refractivity contribution in [3.63, 3.8) is 0 Å². The zero-order valence-electron chi connectivity index (χ0n) is 16.2. The van der Waals surface area contributed by atoms with Crippen LogP contribution in [0.1, 0.15) is 0 Å². The smallest absolute Gasteiger partial charge is 0.327 e. The molecule has 0 saturated carbocycles. The second kappa shape index (κ2) is 8.93. The Morgan fingerprint density at radius 2 is 1.20 bits per heavy atom. The van der Waals surface area contributed by atoms with Crippen LogP contribution in [0.4, 0.5) is 15.1 Å². The minimum absolute atomic E-state index is 0.406. The number of hydrogen-bond donors (Lipinski definition) is 2. The Labute approximate surface area is 181 Å². The molecule has 9 heteroatoms. The highest BCUT2D eigenvalue weighted by molar-refractivity contribution is 7.14. The monoisotopic (exact) mass is 438 g/mol. The molecule has 152 valence electrons. The molecule has 2 N–H and O–H groups in total. The second-order valence-corrected chi connectivity index (χ2v) is 7.77. The first-order chi connectivity index (χ1) is 14.7. The number of rotatable bonds is 6. The van der Waals surface area contributed by atoms with Gasteiger partial charge in [0, 0.05) is 21.9 Å². The maximum Gasteiger partial charge on any atom is 0.327 e. The van der Waals surface area contributed by atoms with Crippen LogP contribution < -0.4 is 20.1 Å². The van der Waals surface area contributed by atoms with Crippen molar-refractivity contribution in [2.75, 3.05) is 24.9 Å². The van der Waals surface area contributed by atoms with E-state index in [1.807, 2.05) is 59.3 Å². The number of hydrogen-bond acceptors (Lipinski definition) is 7. The van der Waals surface area contributed by atoms with Crippen LogP contribution in [-0.2, 0) is 0 Å². The van der Waals surface area contributed by atoms with Crippen LogP contribution in [0.5, 0.6) is 11.5 Å². The van der Waals surface area contributed by atoms with Gasteiger partial charge in [0.1, 0.15) is 11.5 Å². The lowest BCUT2D eigenvalue weighted by Gasteiger charge is -2.05. The molecule has 30 heavy (non-hydrogen) atoms. The molecular weight excluding hydrogens is 420 g/mol. The minimum Gasteiger partial charge on any atom is -0.496 e. The second-order valence-electron chi connectivity index (χ2n) is 6.06. The molecule has 0 aliphatic carbocycles. The Kier molecular flexibility index (Phi) is 5.92. The van der Waals surface area contributed by atoms with Gasteiger partial charge in [0.05, 0.1) is 25.6 Å². The number of urea groups is 1. The predicted octanol–water partition coefficient (Wildman–Crippen LogP) is 5.59. The van der Waals surface area contributed by atoms with E-state index >= 15 is 0 Å². The van der Waals surface area contributed by atoms with E-state index in [-0.39, 0.29) is 0 Å². The van der Waals surface area contributed by atoms with Crippen molar-refractivity contribution in [3.05, 3.63) is 59.3 Å². The van der Waals surface area contributed by atoms with Crippen LogP contribution in [-0.4, -0.2) is 30.2 Å². The average Bonchev–Trinajstić information content (AvgIpc) is 3.43. The van der Waals surface area contributed by atoms with Gasteiger partial charge in [-0.3, -0.25) is 10.6 Å². The van der Waals surface area contributed by atoms with Crippen LogP contribution in [0.15, 0.2) is 59.3 Å². The molecule has 0 bridgehead atoms. The highest BCUT2D eigenvalue weighted by atomic mass is 32.1. The summed E-state index contributed by atoms with van der Waals surface area (Å²) >= 11 is 2.67. The maximum absolute atomic E-state index is 12.4. The molecule has 0 radical (unpaired) electrons. The highest BCUT2D eigenvalue weighted by Gasteiger charge is 2.14. The third kappa shape index (κ3) is 4.27. The van der Waals surface area contributed by atoms with E-state index in [1.165, 1.54) is 22.7 Å². The summed E-state index contributed by atoms with van der Waals surface area (Å²) in [6.45, 7) is 0. The standard InChI is InChI=1S/C21H18N4O3S2/c1-27-17-9-5-3-7-13(17)15-11-29-20(22-15)24-19(26)25-21-23-16(12-30-21)14-8-4-6-10-18(14)28-2/h3-12H,1-2H3,(H2,22,23,24,25,26). The van der Waals surface area contributed by atoms with Crippen molar-refractivity contribution in [3.8, 4) is 34.0 Å². The van der Waals surface area contributed by atoms with E-state index in [1.54, 1.807) is 14.2 Å². The number of aromatic nitrogens is 2. The van der Waals surface area contributed by atoms with E-state index in [0.29, 0.717) is 10.3 Å². The molecule has 2 aromatic heterocycles. The van der Waals surface area contributed by atoms with E-state index in [2.05, 4.69) is 20.6 Å². The average molecular weight is 439 g/mol. The van der Waals surface area contributed by atoms with E-state index < -0.39 is 6.03 Å². The topological polar surface area (TPSA) is 85.4 Å². The number of thiazole rings is 2. The maximum atomic E-state index is 12.4. The van der Waals surface area contributed by atoms with Crippen LogP contribution in [0.3, 0.4) is 0 Å². The summed E-state index contributed by atoms with van der Waals surface area (Å²) in [6.07, 6.45) is 0. The Morgan fingerprint density at radius 3 is 1.63 bits per heavy atom. The summed E-state index contributed by atoms with van der Waals surface area (Å²) in [5, 5.41) is 10.2. The molecule has 2 amide bonds. The Hall–Kier alpha value is -3.43. The van der Waals surface area contributed by atoms with Gasteiger partial charge in [-0.25, -0.2) is 14.8 Å². The summed E-state index contributed by atoms with van der Waals surface area (Å²) in [6, 6.07) is 14.8. The van der Waals surface area contributed by atoms with Gasteiger partial charge in [-0.1, -0.05) is 24.3 Å². The van der Waals surface area contributed by atoms with Crippen molar-refractivity contribution in [1.29, 1.82) is 0 Å². The van der Waals surface area contributed by atoms with Crippen LogP contribution >= 0.6 is 22.7 Å². The Morgan fingerprint density at radius 1 is 0.767 bits per heavy atom. The van der Waals surface area contributed by atoms with Gasteiger partial charge >= 0.3 is 6.03 Å². The number of carbonyl (C=O) groups is 1. The fourth-order valence-electron chi connectivity index (χ4n) is 2.85. The SMILES string of the molecule is COc1ccccc1-c1csc(NC(=O)Nc2nc(-c3ccccc3OC)cs2)n1. The normalized spacial score (nSPS) is 10.5. The Bertz CT molecular complexity index is 1080. The third-order valence-corrected chi connectivity index (χ3v) is 5.73. The minimum atomic E-state index is -0.406. The van der Waals surface area contributed by atoms with Crippen molar-refractivity contribution in [2.45, 2.75) is 0 Å². The largest absolute Gasteiger partial charge is 0.496 e. The molecular formula is C21H18N4O3S2. The number of methoxy groups -OCH3 is 2. The van der Waals surface area contributed by atoms with Gasteiger partial charge in [0.25, 0.3) is 0 Å². The number of carbonyl (C=O) groups excluding carboxylic acids is 1. The number of benzene rings is 2. The molecule has 2 heterocycles. The van der Waals surface area contributed by atoms with E-state index in [9.17, 15) is 4.79 Å². The molecule has 0 fully saturated rings. The predicted molar refractivity (Wildman–Crippen MR) is 121 cm³/mol. The molecule has 0 atom stereocenters. The van der Waals surface area contributed by atoms with Gasteiger partial charge in [0.2, 0.25) is 0 Å². The highest BCUT2D eigenvalue weighted by Crippen LogP contribution is 2.33. The molecule has 0 unspecified atom stereocenters. The lowest BCUT2D eigenvalue weighted by molar-refractivity contribution is 0.262. The van der Waals surface area contributed by atoms with Gasteiger partial charge < -0.3 is 9.47 Å². The number of nitrogens with zero attached hydrogens (tertiary/aromatic N) is 2. The lowest BCUT2D eigenvalue weighted by Crippen LogP contribution is -2.19. The summed E-state index contributed by atoms with van der Waals surface area (Å²) < 4.78 is 10.7. The van der Waals surface area contributed by atoms with Crippen molar-refractivity contribution < 1.29 is 14.3 Å². The number of ether oxygens (including phenoxy) is 2. The molecule has 4 aromatic rings. The summed E-state index contributed by atoms with van der Waals surface area (Å²) in [5.74, 6) is 1.45. The van der Waals surface area contributed by atoms with Gasteiger partial charge in [0.15, 0.2) is 10.3 Å². The van der Waals surface area contributed by atoms with Crippen molar-refractivity contribution in [1.82, 2.24) is 9.97 Å². The fourth-order valence-corrected chi connectivity index (χ4v) is 4.26. The molecule has 0 aliphatic heterocycles. The molecule has 4 rings (SSSR count). The molecule has 2 aromatic carbocycles. The van der Waals surface area contributed by atoms with Crippen molar-refractivity contribution in [2.24, 2.45) is 0 Å². The number of anilines is 2. The first kappa shape index (κ1) is 19.9. The van der Waals surface area contributed by atoms with Gasteiger partial charge in [-0.05, 0) is 24.3 Å². The van der Waals surface area contributed by atoms with Crippen LogP contribution in [0.25, 0.3) is 22.5 Å². The fraction of sp³-hybridized carbons (Fsp3) is 0.0952. The summed E-state index contributed by atoms with van der Waals surface area (Å²) in [7, 11) is 3.23. The number of nitrogens with one attached hydrogen (secondary N) is 2. The lowest BCUT2D eigenvalue weighted by atomic mass is 10.1. The number of para-hydroxylation sites is 2. The first-order valence-electron chi connectivity index (χ1n) is 8.93. The van der Waals surface area contributed by atoms with Gasteiger partial charge in [-0.15, -0.1) is 22.7 Å². The molecule has 0 aliphatic rings. The molecule has 0 spiro atoms.